The molecular weight excluding hydrogens is 142 g/mol. The van der Waals surface area contributed by atoms with Gasteiger partial charge in [-0.15, -0.1) is 0 Å². The van der Waals surface area contributed by atoms with E-state index in [9.17, 15) is 0 Å². The number of rotatable bonds is 0. The second-order valence-corrected chi connectivity index (χ2v) is 5.07. The third-order valence-corrected chi connectivity index (χ3v) is 3.03. The third-order valence-electron chi connectivity index (χ3n) is 2.20. The summed E-state index contributed by atoms with van der Waals surface area (Å²) in [5.74, 6) is 0. The van der Waals surface area contributed by atoms with Crippen molar-refractivity contribution in [2.24, 2.45) is 0 Å². The van der Waals surface area contributed by atoms with Crippen molar-refractivity contribution in [1.82, 2.24) is 5.32 Å². The predicted octanol–water partition coefficient (Wildman–Crippen LogP) is 1.84. The minimum atomic E-state index is 0.201. The van der Waals surface area contributed by atoms with Gasteiger partial charge in [-0.25, -0.2) is 0 Å². The van der Waals surface area contributed by atoms with E-state index in [-0.39, 0.29) is 11.1 Å². The van der Waals surface area contributed by atoms with Crippen LogP contribution in [-0.2, 0) is 0 Å². The molecule has 0 radical (unpaired) electrons. The van der Waals surface area contributed by atoms with Crippen molar-refractivity contribution in [2.45, 2.75) is 50.4 Å². The van der Waals surface area contributed by atoms with E-state index in [1.807, 2.05) is 0 Å². The molecule has 1 aliphatic heterocycles. The average molecular weight is 159 g/mol. The van der Waals surface area contributed by atoms with Gasteiger partial charge in [-0.3, -0.25) is 0 Å². The van der Waals surface area contributed by atoms with Crippen LogP contribution in [-0.4, -0.2) is 16.3 Å². The van der Waals surface area contributed by atoms with Crippen LogP contribution in [0.3, 0.4) is 0 Å². The lowest BCUT2D eigenvalue weighted by Crippen LogP contribution is -2.45. The molecule has 0 amide bonds. The normalized spacial score (nSPS) is 36.3. The summed E-state index contributed by atoms with van der Waals surface area (Å²) in [5.41, 5.74) is 0.475. The molecular formula is C8H17NS. The van der Waals surface area contributed by atoms with Gasteiger partial charge < -0.3 is 5.32 Å². The van der Waals surface area contributed by atoms with E-state index in [4.69, 9.17) is 0 Å². The predicted molar refractivity (Wildman–Crippen MR) is 48.7 cm³/mol. The Morgan fingerprint density at radius 3 is 1.90 bits per heavy atom. The van der Waals surface area contributed by atoms with Crippen molar-refractivity contribution in [1.29, 1.82) is 0 Å². The Morgan fingerprint density at radius 2 is 1.80 bits per heavy atom. The van der Waals surface area contributed by atoms with Crippen LogP contribution in [0, 0.1) is 0 Å². The molecule has 1 unspecified atom stereocenters. The first-order valence-corrected chi connectivity index (χ1v) is 4.33. The Hall–Kier alpha value is 0.310. The molecule has 0 aromatic carbocycles. The molecule has 1 saturated heterocycles. The largest absolute Gasteiger partial charge is 0.306 e. The summed E-state index contributed by atoms with van der Waals surface area (Å²) >= 11 is 4.52. The maximum Gasteiger partial charge on any atom is 0.0246 e. The van der Waals surface area contributed by atoms with Crippen molar-refractivity contribution in [3.8, 4) is 0 Å². The first kappa shape index (κ1) is 8.41. The fourth-order valence-electron chi connectivity index (χ4n) is 1.75. The Kier molecular flexibility index (Phi) is 1.80. The van der Waals surface area contributed by atoms with Crippen molar-refractivity contribution < 1.29 is 0 Å². The zero-order valence-electron chi connectivity index (χ0n) is 7.23. The third kappa shape index (κ3) is 1.48. The standard InChI is InChI=1S/C8H17NS/c1-7(2)5-6(10)8(3,4)9-7/h6,9-10H,5H2,1-4H3. The molecule has 0 spiro atoms. The monoisotopic (exact) mass is 159 g/mol. The fourth-order valence-corrected chi connectivity index (χ4v) is 2.27. The molecule has 60 valence electrons. The zero-order chi connectivity index (χ0) is 7.99. The summed E-state index contributed by atoms with van der Waals surface area (Å²) in [6.45, 7) is 8.87. The molecule has 1 aliphatic rings. The molecule has 0 bridgehead atoms. The molecule has 1 atom stereocenters. The highest BCUT2D eigenvalue weighted by Gasteiger charge is 2.41. The van der Waals surface area contributed by atoms with Crippen LogP contribution in [0.15, 0.2) is 0 Å². The number of hydrogen-bond acceptors (Lipinski definition) is 2. The zero-order valence-corrected chi connectivity index (χ0v) is 8.13. The maximum atomic E-state index is 4.52. The maximum absolute atomic E-state index is 4.52. The van der Waals surface area contributed by atoms with Gasteiger partial charge >= 0.3 is 0 Å². The molecule has 10 heavy (non-hydrogen) atoms. The van der Waals surface area contributed by atoms with E-state index in [1.165, 1.54) is 0 Å². The van der Waals surface area contributed by atoms with E-state index in [1.54, 1.807) is 0 Å². The second kappa shape index (κ2) is 2.15. The number of hydrogen-bond donors (Lipinski definition) is 2. The lowest BCUT2D eigenvalue weighted by atomic mass is 10.0. The Labute approximate surface area is 69.0 Å². The van der Waals surface area contributed by atoms with E-state index >= 15 is 0 Å². The van der Waals surface area contributed by atoms with Gasteiger partial charge in [-0.2, -0.15) is 12.6 Å². The first-order valence-electron chi connectivity index (χ1n) is 3.81. The molecule has 0 aromatic heterocycles. The van der Waals surface area contributed by atoms with Gasteiger partial charge in [0.2, 0.25) is 0 Å². The molecule has 0 saturated carbocycles. The van der Waals surface area contributed by atoms with E-state index in [0.29, 0.717) is 5.25 Å². The van der Waals surface area contributed by atoms with E-state index < -0.39 is 0 Å². The van der Waals surface area contributed by atoms with Crippen molar-refractivity contribution in [2.75, 3.05) is 0 Å². The summed E-state index contributed by atoms with van der Waals surface area (Å²) in [4.78, 5) is 0. The number of nitrogens with one attached hydrogen (secondary N) is 1. The summed E-state index contributed by atoms with van der Waals surface area (Å²) in [6, 6.07) is 0. The second-order valence-electron chi connectivity index (χ2n) is 4.45. The molecule has 1 nitrogen and oxygen atoms in total. The fraction of sp³-hybridized carbons (Fsp3) is 1.00. The highest BCUT2D eigenvalue weighted by atomic mass is 32.1. The van der Waals surface area contributed by atoms with Crippen molar-refractivity contribution >= 4 is 12.6 Å². The van der Waals surface area contributed by atoms with Crippen LogP contribution in [0.2, 0.25) is 0 Å². The SMILES string of the molecule is CC1(C)CC(S)C(C)(C)N1. The Balaban J connectivity index is 2.71. The van der Waals surface area contributed by atoms with E-state index in [2.05, 4.69) is 45.6 Å². The molecule has 1 heterocycles. The van der Waals surface area contributed by atoms with Gasteiger partial charge in [0.15, 0.2) is 0 Å². The van der Waals surface area contributed by atoms with Crippen LogP contribution in [0.25, 0.3) is 0 Å². The molecule has 1 N–H and O–H groups in total. The van der Waals surface area contributed by atoms with Crippen LogP contribution in [0.5, 0.6) is 0 Å². The topological polar surface area (TPSA) is 12.0 Å². The van der Waals surface area contributed by atoms with Gasteiger partial charge in [-0.1, -0.05) is 0 Å². The molecule has 0 aromatic rings. The highest BCUT2D eigenvalue weighted by molar-refractivity contribution is 7.81. The van der Waals surface area contributed by atoms with Crippen LogP contribution in [0.4, 0.5) is 0 Å². The van der Waals surface area contributed by atoms with Gasteiger partial charge in [0, 0.05) is 16.3 Å². The van der Waals surface area contributed by atoms with Crippen molar-refractivity contribution in [3.63, 3.8) is 0 Å². The van der Waals surface area contributed by atoms with Crippen LogP contribution < -0.4 is 5.32 Å². The lowest BCUT2D eigenvalue weighted by molar-refractivity contribution is 0.371. The molecule has 1 rings (SSSR count). The minimum Gasteiger partial charge on any atom is -0.306 e. The number of thiol groups is 1. The van der Waals surface area contributed by atoms with E-state index in [0.717, 1.165) is 6.42 Å². The van der Waals surface area contributed by atoms with Gasteiger partial charge in [0.1, 0.15) is 0 Å². The van der Waals surface area contributed by atoms with Crippen LogP contribution >= 0.6 is 12.6 Å². The van der Waals surface area contributed by atoms with Crippen molar-refractivity contribution in [3.05, 3.63) is 0 Å². The molecule has 2 heteroatoms. The smallest absolute Gasteiger partial charge is 0.0246 e. The summed E-state index contributed by atoms with van der Waals surface area (Å²) in [7, 11) is 0. The first-order chi connectivity index (χ1) is 4.33. The summed E-state index contributed by atoms with van der Waals surface area (Å²) in [6.07, 6.45) is 1.16. The quantitative estimate of drug-likeness (QED) is 0.514. The molecule has 0 aliphatic carbocycles. The Bertz CT molecular complexity index is 140. The summed E-state index contributed by atoms with van der Waals surface area (Å²) < 4.78 is 0. The van der Waals surface area contributed by atoms with Crippen LogP contribution in [0.1, 0.15) is 34.1 Å². The average Bonchev–Trinajstić information content (AvgIpc) is 1.73. The Morgan fingerprint density at radius 1 is 1.30 bits per heavy atom. The van der Waals surface area contributed by atoms with Gasteiger partial charge in [0.25, 0.3) is 0 Å². The highest BCUT2D eigenvalue weighted by Crippen LogP contribution is 2.33. The lowest BCUT2D eigenvalue weighted by Gasteiger charge is -2.26. The molecule has 1 fully saturated rings. The van der Waals surface area contributed by atoms with Gasteiger partial charge in [0.05, 0.1) is 0 Å². The minimum absolute atomic E-state index is 0.201. The summed E-state index contributed by atoms with van der Waals surface area (Å²) in [5, 5.41) is 4.03. The van der Waals surface area contributed by atoms with Gasteiger partial charge in [-0.05, 0) is 34.1 Å².